The van der Waals surface area contributed by atoms with Gasteiger partial charge in [-0.3, -0.25) is 4.79 Å². The van der Waals surface area contributed by atoms with E-state index in [-0.39, 0.29) is 10.6 Å². The molecule has 0 saturated heterocycles. The van der Waals surface area contributed by atoms with Crippen molar-refractivity contribution in [2.45, 2.75) is 39.5 Å². The van der Waals surface area contributed by atoms with Crippen LogP contribution < -0.4 is 5.32 Å². The number of carbonyl (C=O) groups is 1. The number of amides is 1. The van der Waals surface area contributed by atoms with Crippen LogP contribution in [0.4, 0.5) is 5.69 Å². The molecule has 0 heterocycles. The van der Waals surface area contributed by atoms with E-state index in [9.17, 15) is 10.1 Å². The number of unbranched alkanes of at least 4 members (excludes halogenated alkanes) is 2. The molecule has 0 unspecified atom stereocenters. The lowest BCUT2D eigenvalue weighted by atomic mass is 10.2. The summed E-state index contributed by atoms with van der Waals surface area (Å²) in [6.45, 7) is 5.88. The summed E-state index contributed by atoms with van der Waals surface area (Å²) in [4.78, 5) is 14.4. The second kappa shape index (κ2) is 11.0. The maximum absolute atomic E-state index is 12.4. The molecule has 0 aliphatic carbocycles. The molecule has 1 aromatic carbocycles. The summed E-state index contributed by atoms with van der Waals surface area (Å²) < 4.78 is 0. The molecule has 6 heteroatoms. The molecule has 1 aromatic rings. The van der Waals surface area contributed by atoms with Gasteiger partial charge in [0.2, 0.25) is 0 Å². The first-order valence-electron chi connectivity index (χ1n) is 8.14. The molecular weight excluding hydrogens is 345 g/mol. The minimum Gasteiger partial charge on any atom is -0.376 e. The van der Waals surface area contributed by atoms with E-state index >= 15 is 0 Å². The number of nitriles is 1. The molecule has 0 fully saturated rings. The zero-order valence-electron chi connectivity index (χ0n) is 14.1. The number of benzene rings is 1. The quantitative estimate of drug-likeness (QED) is 0.479. The van der Waals surface area contributed by atoms with Crippen molar-refractivity contribution in [1.82, 2.24) is 4.90 Å². The van der Waals surface area contributed by atoms with Crippen molar-refractivity contribution < 1.29 is 4.79 Å². The van der Waals surface area contributed by atoms with E-state index in [0.717, 1.165) is 38.8 Å². The Morgan fingerprint density at radius 1 is 1.25 bits per heavy atom. The largest absolute Gasteiger partial charge is 0.376 e. The summed E-state index contributed by atoms with van der Waals surface area (Å²) in [5.74, 6) is -0.486. The SMILES string of the molecule is CCCCN(/C=C(/C#N)C(=O)Nc1cccc(Cl)c1Cl)CCCC. The van der Waals surface area contributed by atoms with Crippen molar-refractivity contribution in [3.8, 4) is 6.07 Å². The maximum Gasteiger partial charge on any atom is 0.267 e. The Morgan fingerprint density at radius 2 is 1.88 bits per heavy atom. The van der Waals surface area contributed by atoms with Gasteiger partial charge < -0.3 is 10.2 Å². The lowest BCUT2D eigenvalue weighted by molar-refractivity contribution is -0.112. The zero-order valence-corrected chi connectivity index (χ0v) is 15.6. The minimum absolute atomic E-state index is 0.0539. The summed E-state index contributed by atoms with van der Waals surface area (Å²) >= 11 is 12.0. The second-order valence-corrected chi connectivity index (χ2v) is 6.24. The monoisotopic (exact) mass is 367 g/mol. The number of nitrogens with zero attached hydrogens (tertiary/aromatic N) is 2. The van der Waals surface area contributed by atoms with Crippen LogP contribution in [0.2, 0.25) is 10.0 Å². The van der Waals surface area contributed by atoms with Gasteiger partial charge in [0.25, 0.3) is 5.91 Å². The normalized spacial score (nSPS) is 11.0. The Morgan fingerprint density at radius 3 is 2.42 bits per heavy atom. The summed E-state index contributed by atoms with van der Waals surface area (Å²) in [7, 11) is 0. The first-order chi connectivity index (χ1) is 11.5. The molecule has 1 amide bonds. The van der Waals surface area contributed by atoms with Gasteiger partial charge in [-0.2, -0.15) is 5.26 Å². The smallest absolute Gasteiger partial charge is 0.267 e. The lowest BCUT2D eigenvalue weighted by Crippen LogP contribution is -2.23. The van der Waals surface area contributed by atoms with Crippen molar-refractivity contribution in [3.63, 3.8) is 0 Å². The highest BCUT2D eigenvalue weighted by molar-refractivity contribution is 6.44. The Balaban J connectivity index is 2.89. The van der Waals surface area contributed by atoms with Gasteiger partial charge in [0, 0.05) is 19.3 Å². The van der Waals surface area contributed by atoms with E-state index in [4.69, 9.17) is 23.2 Å². The Hall–Kier alpha value is -1.70. The Bertz CT molecular complexity index is 615. The summed E-state index contributed by atoms with van der Waals surface area (Å²) in [6.07, 6.45) is 5.78. The van der Waals surface area contributed by atoms with E-state index < -0.39 is 5.91 Å². The number of anilines is 1. The van der Waals surface area contributed by atoms with Crippen molar-refractivity contribution >= 4 is 34.8 Å². The topological polar surface area (TPSA) is 56.1 Å². The fourth-order valence-electron chi connectivity index (χ4n) is 2.07. The second-order valence-electron chi connectivity index (χ2n) is 5.45. The van der Waals surface area contributed by atoms with Gasteiger partial charge >= 0.3 is 0 Å². The Labute approximate surface area is 154 Å². The van der Waals surface area contributed by atoms with Gasteiger partial charge in [0.1, 0.15) is 11.6 Å². The molecule has 1 rings (SSSR count). The molecule has 0 atom stereocenters. The molecule has 0 radical (unpaired) electrons. The van der Waals surface area contributed by atoms with Crippen LogP contribution in [-0.4, -0.2) is 23.9 Å². The van der Waals surface area contributed by atoms with Gasteiger partial charge in [0.15, 0.2) is 0 Å². The predicted octanol–water partition coefficient (Wildman–Crippen LogP) is 5.24. The summed E-state index contributed by atoms with van der Waals surface area (Å²) in [5, 5.41) is 12.6. The van der Waals surface area contributed by atoms with Crippen LogP contribution in [0.1, 0.15) is 39.5 Å². The minimum atomic E-state index is -0.486. The third-order valence-electron chi connectivity index (χ3n) is 3.47. The van der Waals surface area contributed by atoms with Gasteiger partial charge in [-0.15, -0.1) is 0 Å². The molecule has 0 bridgehead atoms. The standard InChI is InChI=1S/C18H23Cl2N3O/c1-3-5-10-23(11-6-4-2)13-14(12-21)18(24)22-16-9-7-8-15(19)17(16)20/h7-9,13H,3-6,10-11H2,1-2H3,(H,22,24)/b14-13-. The fraction of sp³-hybridized carbons (Fsp3) is 0.444. The van der Waals surface area contributed by atoms with Crippen LogP contribution in [0.25, 0.3) is 0 Å². The van der Waals surface area contributed by atoms with E-state index in [1.54, 1.807) is 24.4 Å². The predicted molar refractivity (Wildman–Crippen MR) is 100 cm³/mol. The molecule has 0 aromatic heterocycles. The van der Waals surface area contributed by atoms with Crippen molar-refractivity contribution in [1.29, 1.82) is 5.26 Å². The third-order valence-corrected chi connectivity index (χ3v) is 4.29. The molecule has 0 aliphatic heterocycles. The van der Waals surface area contributed by atoms with Gasteiger partial charge in [-0.05, 0) is 25.0 Å². The highest BCUT2D eigenvalue weighted by Crippen LogP contribution is 2.29. The Kier molecular flexibility index (Phi) is 9.29. The van der Waals surface area contributed by atoms with Crippen molar-refractivity contribution in [2.75, 3.05) is 18.4 Å². The average molecular weight is 368 g/mol. The fourth-order valence-corrected chi connectivity index (χ4v) is 2.42. The highest BCUT2D eigenvalue weighted by Gasteiger charge is 2.14. The van der Waals surface area contributed by atoms with E-state index in [2.05, 4.69) is 19.2 Å². The molecule has 24 heavy (non-hydrogen) atoms. The number of nitrogens with one attached hydrogen (secondary N) is 1. The molecule has 0 spiro atoms. The zero-order chi connectivity index (χ0) is 17.9. The highest BCUT2D eigenvalue weighted by atomic mass is 35.5. The van der Waals surface area contributed by atoms with Crippen LogP contribution in [0.3, 0.4) is 0 Å². The van der Waals surface area contributed by atoms with Crippen molar-refractivity contribution in [2.24, 2.45) is 0 Å². The van der Waals surface area contributed by atoms with Gasteiger partial charge in [0.05, 0.1) is 15.7 Å². The van der Waals surface area contributed by atoms with Gasteiger partial charge in [-0.25, -0.2) is 0 Å². The van der Waals surface area contributed by atoms with Gasteiger partial charge in [-0.1, -0.05) is 56.0 Å². The number of hydrogen-bond donors (Lipinski definition) is 1. The lowest BCUT2D eigenvalue weighted by Gasteiger charge is -2.20. The number of rotatable bonds is 9. The van der Waals surface area contributed by atoms with E-state index in [0.29, 0.717) is 10.7 Å². The van der Waals surface area contributed by atoms with E-state index in [1.807, 2.05) is 11.0 Å². The summed E-state index contributed by atoms with van der Waals surface area (Å²) in [6, 6.07) is 6.94. The molecule has 0 saturated carbocycles. The molecular formula is C18H23Cl2N3O. The van der Waals surface area contributed by atoms with E-state index in [1.165, 1.54) is 0 Å². The number of carbonyl (C=O) groups excluding carboxylic acids is 1. The first kappa shape index (κ1) is 20.3. The van der Waals surface area contributed by atoms with Crippen LogP contribution in [0.15, 0.2) is 30.0 Å². The first-order valence-corrected chi connectivity index (χ1v) is 8.90. The average Bonchev–Trinajstić information content (AvgIpc) is 2.58. The summed E-state index contributed by atoms with van der Waals surface area (Å²) in [5.41, 5.74) is 0.447. The van der Waals surface area contributed by atoms with Crippen LogP contribution in [-0.2, 0) is 4.79 Å². The third kappa shape index (κ3) is 6.43. The van der Waals surface area contributed by atoms with Crippen molar-refractivity contribution in [3.05, 3.63) is 40.0 Å². The molecule has 1 N–H and O–H groups in total. The molecule has 0 aliphatic rings. The van der Waals surface area contributed by atoms with Crippen LogP contribution in [0, 0.1) is 11.3 Å². The molecule has 4 nitrogen and oxygen atoms in total. The van der Waals surface area contributed by atoms with Crippen LogP contribution >= 0.6 is 23.2 Å². The number of hydrogen-bond acceptors (Lipinski definition) is 3. The molecule has 130 valence electrons. The van der Waals surface area contributed by atoms with Crippen LogP contribution in [0.5, 0.6) is 0 Å². The number of halogens is 2. The maximum atomic E-state index is 12.4.